The number of benzene rings is 2. The van der Waals surface area contributed by atoms with E-state index in [0.717, 1.165) is 4.31 Å². The van der Waals surface area contributed by atoms with Gasteiger partial charge in [-0.05, 0) is 61.0 Å². The molecule has 0 saturated heterocycles. The third-order valence-corrected chi connectivity index (χ3v) is 6.19. The molecule has 8 heteroatoms. The molecule has 0 amide bonds. The Labute approximate surface area is 166 Å². The molecule has 1 N–H and O–H groups in total. The number of ether oxygens (including phenoxy) is 1. The second-order valence-corrected chi connectivity index (χ2v) is 9.53. The Balaban J connectivity index is 2.34. The highest BCUT2D eigenvalue weighted by molar-refractivity contribution is 9.10. The van der Waals surface area contributed by atoms with Gasteiger partial charge in [-0.1, -0.05) is 24.3 Å². The lowest BCUT2D eigenvalue weighted by Crippen LogP contribution is -2.40. The highest BCUT2D eigenvalue weighted by Gasteiger charge is 2.43. The summed E-state index contributed by atoms with van der Waals surface area (Å²) >= 11 is 3.32. The van der Waals surface area contributed by atoms with Gasteiger partial charge in [0.05, 0.1) is 10.6 Å². The quantitative estimate of drug-likeness (QED) is 0.690. The van der Waals surface area contributed by atoms with E-state index in [1.807, 2.05) is 0 Å². The van der Waals surface area contributed by atoms with Gasteiger partial charge in [0.2, 0.25) is 0 Å². The Morgan fingerprint density at radius 1 is 1.07 bits per heavy atom. The molecule has 0 fully saturated rings. The second kappa shape index (κ2) is 6.69. The van der Waals surface area contributed by atoms with E-state index in [1.165, 1.54) is 18.2 Å². The lowest BCUT2D eigenvalue weighted by atomic mass is 10.1. The zero-order chi connectivity index (χ0) is 20.0. The monoisotopic (exact) mass is 451 g/mol. The van der Waals surface area contributed by atoms with E-state index in [4.69, 9.17) is 4.74 Å². The van der Waals surface area contributed by atoms with E-state index >= 15 is 0 Å². The minimum atomic E-state index is -4.16. The summed E-state index contributed by atoms with van der Waals surface area (Å²) in [6.45, 7) is 4.99. The lowest BCUT2D eigenvalue weighted by molar-refractivity contribution is -0.149. The number of fused-ring (bicyclic) bond motifs is 1. The number of halogens is 1. The van der Waals surface area contributed by atoms with Crippen LogP contribution in [0, 0.1) is 0 Å². The van der Waals surface area contributed by atoms with E-state index in [1.54, 1.807) is 51.1 Å². The molecule has 0 aromatic heterocycles. The van der Waals surface area contributed by atoms with E-state index in [2.05, 4.69) is 15.9 Å². The molecule has 1 heterocycles. The minimum Gasteiger partial charge on any atom is -0.505 e. The molecule has 0 bridgehead atoms. The van der Waals surface area contributed by atoms with Crippen molar-refractivity contribution >= 4 is 43.4 Å². The molecule has 1 aliphatic heterocycles. The molecule has 1 aliphatic rings. The van der Waals surface area contributed by atoms with Gasteiger partial charge in [0.15, 0.2) is 11.5 Å². The first-order chi connectivity index (χ1) is 12.5. The molecule has 0 saturated carbocycles. The maximum atomic E-state index is 13.3. The van der Waals surface area contributed by atoms with Crippen LogP contribution in [0.5, 0.6) is 0 Å². The standard InChI is InChI=1S/C19H18BrNO5S/c1-19(2,3)26-18(23)16-17(22)12-8-4-7-11-15(12)27(24,25)21(16)14-10-6-5-9-13(14)20/h4-11,22H,1-3H3. The number of anilines is 1. The Bertz CT molecular complexity index is 1050. The second-order valence-electron chi connectivity index (χ2n) is 6.92. The summed E-state index contributed by atoms with van der Waals surface area (Å²) in [6, 6.07) is 12.5. The molecular formula is C19H18BrNO5S. The van der Waals surface area contributed by atoms with Gasteiger partial charge in [0.1, 0.15) is 5.60 Å². The van der Waals surface area contributed by atoms with Gasteiger partial charge in [0, 0.05) is 10.0 Å². The van der Waals surface area contributed by atoms with Crippen molar-refractivity contribution in [2.24, 2.45) is 0 Å². The summed E-state index contributed by atoms with van der Waals surface area (Å²) in [5.41, 5.74) is -1.07. The number of para-hydroxylation sites is 1. The molecule has 0 aliphatic carbocycles. The molecule has 3 rings (SSSR count). The average molecular weight is 452 g/mol. The third-order valence-electron chi connectivity index (χ3n) is 3.75. The number of aliphatic hydroxyl groups is 1. The Morgan fingerprint density at radius 2 is 1.67 bits per heavy atom. The normalized spacial score (nSPS) is 16.1. The molecule has 0 unspecified atom stereocenters. The number of aliphatic hydroxyl groups excluding tert-OH is 1. The Morgan fingerprint density at radius 3 is 2.30 bits per heavy atom. The van der Waals surface area contributed by atoms with Crippen molar-refractivity contribution in [1.29, 1.82) is 0 Å². The number of sulfonamides is 1. The zero-order valence-corrected chi connectivity index (χ0v) is 17.3. The molecular weight excluding hydrogens is 434 g/mol. The van der Waals surface area contributed by atoms with E-state index in [9.17, 15) is 18.3 Å². The molecule has 2 aromatic rings. The highest BCUT2D eigenvalue weighted by atomic mass is 79.9. The Hall–Kier alpha value is -2.32. The van der Waals surface area contributed by atoms with Crippen LogP contribution in [0.25, 0.3) is 5.76 Å². The van der Waals surface area contributed by atoms with Crippen molar-refractivity contribution in [2.45, 2.75) is 31.3 Å². The summed E-state index contributed by atoms with van der Waals surface area (Å²) in [4.78, 5) is 12.8. The lowest BCUT2D eigenvalue weighted by Gasteiger charge is -2.33. The number of carbonyl (C=O) groups is 1. The van der Waals surface area contributed by atoms with Crippen molar-refractivity contribution in [3.05, 3.63) is 64.3 Å². The summed E-state index contributed by atoms with van der Waals surface area (Å²) in [7, 11) is -4.16. The fourth-order valence-electron chi connectivity index (χ4n) is 2.70. The van der Waals surface area contributed by atoms with Crippen LogP contribution in [0.1, 0.15) is 26.3 Å². The highest BCUT2D eigenvalue weighted by Crippen LogP contribution is 2.41. The largest absolute Gasteiger partial charge is 0.505 e. The van der Waals surface area contributed by atoms with Crippen LogP contribution in [0.3, 0.4) is 0 Å². The molecule has 27 heavy (non-hydrogen) atoms. The van der Waals surface area contributed by atoms with Gasteiger partial charge >= 0.3 is 5.97 Å². The minimum absolute atomic E-state index is 0.0571. The summed E-state index contributed by atoms with van der Waals surface area (Å²) in [5.74, 6) is -1.39. The molecule has 0 radical (unpaired) electrons. The van der Waals surface area contributed by atoms with Gasteiger partial charge in [-0.15, -0.1) is 0 Å². The van der Waals surface area contributed by atoms with Crippen molar-refractivity contribution < 1.29 is 23.1 Å². The van der Waals surface area contributed by atoms with Crippen LogP contribution in [0.15, 0.2) is 63.6 Å². The van der Waals surface area contributed by atoms with Crippen molar-refractivity contribution in [2.75, 3.05) is 4.31 Å². The van der Waals surface area contributed by atoms with Crippen LogP contribution < -0.4 is 4.31 Å². The number of esters is 1. The number of carbonyl (C=O) groups excluding carboxylic acids is 1. The molecule has 6 nitrogen and oxygen atoms in total. The van der Waals surface area contributed by atoms with Crippen LogP contribution in [0.2, 0.25) is 0 Å². The van der Waals surface area contributed by atoms with Gasteiger partial charge in [-0.2, -0.15) is 0 Å². The first kappa shape index (κ1) is 19.4. The van der Waals surface area contributed by atoms with Crippen LogP contribution in [-0.4, -0.2) is 25.1 Å². The smallest absolute Gasteiger partial charge is 0.360 e. The fourth-order valence-corrected chi connectivity index (χ4v) is 4.99. The first-order valence-electron chi connectivity index (χ1n) is 8.10. The summed E-state index contributed by atoms with van der Waals surface area (Å²) in [5, 5.41) is 10.8. The molecule has 0 spiro atoms. The molecule has 142 valence electrons. The zero-order valence-electron chi connectivity index (χ0n) is 14.9. The third kappa shape index (κ3) is 3.46. The van der Waals surface area contributed by atoms with Gasteiger partial charge < -0.3 is 9.84 Å². The first-order valence-corrected chi connectivity index (χ1v) is 10.3. The SMILES string of the molecule is CC(C)(C)OC(=O)C1=C(O)c2ccccc2S(=O)(=O)N1c1ccccc1Br. The predicted octanol–water partition coefficient (Wildman–Crippen LogP) is 4.23. The van der Waals surface area contributed by atoms with E-state index in [-0.39, 0.29) is 16.1 Å². The molecule has 0 atom stereocenters. The Kier molecular flexibility index (Phi) is 4.81. The fraction of sp³-hybridized carbons (Fsp3) is 0.211. The summed E-state index contributed by atoms with van der Waals surface area (Å²) < 4.78 is 33.3. The maximum Gasteiger partial charge on any atom is 0.360 e. The number of rotatable bonds is 2. The number of hydrogen-bond donors (Lipinski definition) is 1. The predicted molar refractivity (Wildman–Crippen MR) is 106 cm³/mol. The van der Waals surface area contributed by atoms with E-state index in [0.29, 0.717) is 4.47 Å². The maximum absolute atomic E-state index is 13.3. The average Bonchev–Trinajstić information content (AvgIpc) is 2.57. The van der Waals surface area contributed by atoms with Gasteiger partial charge in [0.25, 0.3) is 10.0 Å². The topological polar surface area (TPSA) is 83.9 Å². The van der Waals surface area contributed by atoms with Crippen molar-refractivity contribution in [3.8, 4) is 0 Å². The van der Waals surface area contributed by atoms with Crippen LogP contribution in [-0.2, 0) is 19.6 Å². The van der Waals surface area contributed by atoms with Crippen LogP contribution >= 0.6 is 15.9 Å². The van der Waals surface area contributed by atoms with Gasteiger partial charge in [-0.25, -0.2) is 17.5 Å². The molecule has 2 aromatic carbocycles. The van der Waals surface area contributed by atoms with Crippen molar-refractivity contribution in [1.82, 2.24) is 0 Å². The van der Waals surface area contributed by atoms with Crippen LogP contribution in [0.4, 0.5) is 5.69 Å². The van der Waals surface area contributed by atoms with Gasteiger partial charge in [-0.3, -0.25) is 0 Å². The summed E-state index contributed by atoms with van der Waals surface area (Å²) in [6.07, 6.45) is 0. The number of hydrogen-bond acceptors (Lipinski definition) is 5. The number of nitrogens with zero attached hydrogens (tertiary/aromatic N) is 1. The van der Waals surface area contributed by atoms with Crippen molar-refractivity contribution in [3.63, 3.8) is 0 Å². The van der Waals surface area contributed by atoms with E-state index < -0.39 is 33.0 Å².